The fourth-order valence-electron chi connectivity index (χ4n) is 2.64. The standard InChI is InChI=1S/C17H18ClNO4/c1-11-9-19(10-12(2)21-11)17(20)15-6-7-16(23-15)22-14-5-3-4-13(18)8-14/h3-8,11-12H,9-10H2,1-2H3. The quantitative estimate of drug-likeness (QED) is 0.851. The molecule has 2 atom stereocenters. The average molecular weight is 336 g/mol. The van der Waals surface area contributed by atoms with Gasteiger partial charge in [-0.3, -0.25) is 4.79 Å². The first kappa shape index (κ1) is 15.9. The van der Waals surface area contributed by atoms with Gasteiger partial charge in [0.15, 0.2) is 5.76 Å². The monoisotopic (exact) mass is 335 g/mol. The second-order valence-electron chi connectivity index (χ2n) is 5.65. The number of furan rings is 1. The lowest BCUT2D eigenvalue weighted by Crippen LogP contribution is -2.48. The average Bonchev–Trinajstić information content (AvgIpc) is 2.94. The third-order valence-electron chi connectivity index (χ3n) is 3.51. The summed E-state index contributed by atoms with van der Waals surface area (Å²) in [7, 11) is 0. The van der Waals surface area contributed by atoms with E-state index in [-0.39, 0.29) is 29.8 Å². The minimum absolute atomic E-state index is 0.0137. The Labute approximate surface area is 139 Å². The van der Waals surface area contributed by atoms with Crippen LogP contribution in [0.5, 0.6) is 11.7 Å². The Morgan fingerprint density at radius 2 is 1.96 bits per heavy atom. The number of hydrogen-bond donors (Lipinski definition) is 0. The molecular formula is C17H18ClNO4. The minimum Gasteiger partial charge on any atom is -0.426 e. The van der Waals surface area contributed by atoms with E-state index in [4.69, 9.17) is 25.5 Å². The van der Waals surface area contributed by atoms with Gasteiger partial charge in [-0.25, -0.2) is 0 Å². The lowest BCUT2D eigenvalue weighted by Gasteiger charge is -2.34. The first-order chi connectivity index (χ1) is 11.0. The predicted molar refractivity (Wildman–Crippen MR) is 86.1 cm³/mol. The summed E-state index contributed by atoms with van der Waals surface area (Å²) in [6.45, 7) is 5.00. The van der Waals surface area contributed by atoms with Gasteiger partial charge in [-0.15, -0.1) is 0 Å². The van der Waals surface area contributed by atoms with Crippen LogP contribution in [0.15, 0.2) is 40.8 Å². The Balaban J connectivity index is 1.70. The van der Waals surface area contributed by atoms with Crippen LogP contribution in [-0.2, 0) is 4.74 Å². The van der Waals surface area contributed by atoms with E-state index in [9.17, 15) is 4.79 Å². The second-order valence-corrected chi connectivity index (χ2v) is 6.08. The van der Waals surface area contributed by atoms with Crippen molar-refractivity contribution in [2.45, 2.75) is 26.1 Å². The molecule has 0 aliphatic carbocycles. The van der Waals surface area contributed by atoms with Gasteiger partial charge in [0.2, 0.25) is 0 Å². The molecule has 3 rings (SSSR count). The molecule has 0 spiro atoms. The molecule has 6 heteroatoms. The zero-order chi connectivity index (χ0) is 16.4. The van der Waals surface area contributed by atoms with Crippen molar-refractivity contribution >= 4 is 17.5 Å². The SMILES string of the molecule is CC1CN(C(=O)c2ccc(Oc3cccc(Cl)c3)o2)CC(C)O1. The van der Waals surface area contributed by atoms with Gasteiger partial charge in [0.25, 0.3) is 11.9 Å². The van der Waals surface area contributed by atoms with E-state index in [1.807, 2.05) is 13.8 Å². The molecule has 2 aromatic rings. The number of hydrogen-bond acceptors (Lipinski definition) is 4. The lowest BCUT2D eigenvalue weighted by atomic mass is 10.2. The molecule has 1 fully saturated rings. The third-order valence-corrected chi connectivity index (χ3v) is 3.75. The van der Waals surface area contributed by atoms with Crippen molar-refractivity contribution < 1.29 is 18.7 Å². The molecule has 0 radical (unpaired) electrons. The summed E-state index contributed by atoms with van der Waals surface area (Å²) in [5.41, 5.74) is 0. The Morgan fingerprint density at radius 3 is 2.65 bits per heavy atom. The largest absolute Gasteiger partial charge is 0.426 e. The van der Waals surface area contributed by atoms with Gasteiger partial charge in [-0.05, 0) is 38.1 Å². The maximum atomic E-state index is 12.5. The summed E-state index contributed by atoms with van der Waals surface area (Å²) in [5, 5.41) is 0.571. The van der Waals surface area contributed by atoms with Crippen molar-refractivity contribution in [1.82, 2.24) is 4.90 Å². The van der Waals surface area contributed by atoms with E-state index in [2.05, 4.69) is 0 Å². The molecule has 122 valence electrons. The van der Waals surface area contributed by atoms with Crippen LogP contribution in [0.1, 0.15) is 24.4 Å². The van der Waals surface area contributed by atoms with Crippen LogP contribution in [0.3, 0.4) is 0 Å². The molecule has 2 unspecified atom stereocenters. The number of benzene rings is 1. The summed E-state index contributed by atoms with van der Waals surface area (Å²) in [6.07, 6.45) is 0.0275. The normalized spacial score (nSPS) is 21.3. The number of nitrogens with zero attached hydrogens (tertiary/aromatic N) is 1. The fraction of sp³-hybridized carbons (Fsp3) is 0.353. The van der Waals surface area contributed by atoms with E-state index in [0.29, 0.717) is 23.9 Å². The number of morpholine rings is 1. The molecule has 5 nitrogen and oxygen atoms in total. The minimum atomic E-state index is -0.159. The van der Waals surface area contributed by atoms with Gasteiger partial charge in [0.05, 0.1) is 12.2 Å². The molecule has 0 saturated carbocycles. The lowest BCUT2D eigenvalue weighted by molar-refractivity contribution is -0.0592. The molecule has 0 bridgehead atoms. The summed E-state index contributed by atoms with van der Waals surface area (Å²) >= 11 is 5.91. The Hall–Kier alpha value is -1.98. The Bertz CT molecular complexity index is 689. The Morgan fingerprint density at radius 1 is 1.22 bits per heavy atom. The van der Waals surface area contributed by atoms with E-state index >= 15 is 0 Å². The molecule has 1 aromatic carbocycles. The maximum absolute atomic E-state index is 12.5. The van der Waals surface area contributed by atoms with Crippen LogP contribution in [-0.4, -0.2) is 36.1 Å². The highest BCUT2D eigenvalue weighted by molar-refractivity contribution is 6.30. The number of rotatable bonds is 3. The third kappa shape index (κ3) is 3.86. The summed E-state index contributed by atoms with van der Waals surface area (Å²) in [4.78, 5) is 14.2. The van der Waals surface area contributed by atoms with Crippen molar-refractivity contribution in [3.63, 3.8) is 0 Å². The van der Waals surface area contributed by atoms with E-state index in [0.717, 1.165) is 0 Å². The van der Waals surface area contributed by atoms with E-state index in [1.54, 1.807) is 41.3 Å². The van der Waals surface area contributed by atoms with Crippen molar-refractivity contribution in [2.24, 2.45) is 0 Å². The molecule has 1 aliphatic rings. The molecule has 1 saturated heterocycles. The topological polar surface area (TPSA) is 51.9 Å². The van der Waals surface area contributed by atoms with Crippen molar-refractivity contribution in [1.29, 1.82) is 0 Å². The van der Waals surface area contributed by atoms with E-state index in [1.165, 1.54) is 0 Å². The first-order valence-electron chi connectivity index (χ1n) is 7.49. The molecule has 23 heavy (non-hydrogen) atoms. The highest BCUT2D eigenvalue weighted by atomic mass is 35.5. The van der Waals surface area contributed by atoms with Gasteiger partial charge in [0, 0.05) is 24.2 Å². The number of amides is 1. The predicted octanol–water partition coefficient (Wildman–Crippen LogP) is 3.97. The van der Waals surface area contributed by atoms with Crippen molar-refractivity contribution in [2.75, 3.05) is 13.1 Å². The second kappa shape index (κ2) is 6.64. The van der Waals surface area contributed by atoms with Crippen LogP contribution in [0.4, 0.5) is 0 Å². The smallest absolute Gasteiger partial charge is 0.290 e. The van der Waals surface area contributed by atoms with Crippen LogP contribution < -0.4 is 4.74 Å². The maximum Gasteiger partial charge on any atom is 0.290 e. The molecule has 1 aliphatic heterocycles. The summed E-state index contributed by atoms with van der Waals surface area (Å²) < 4.78 is 16.7. The molecule has 0 N–H and O–H groups in total. The zero-order valence-corrected chi connectivity index (χ0v) is 13.7. The molecule has 2 heterocycles. The van der Waals surface area contributed by atoms with E-state index < -0.39 is 0 Å². The zero-order valence-electron chi connectivity index (χ0n) is 13.0. The van der Waals surface area contributed by atoms with Crippen molar-refractivity contribution in [3.05, 3.63) is 47.2 Å². The number of halogens is 1. The number of ether oxygens (including phenoxy) is 2. The fourth-order valence-corrected chi connectivity index (χ4v) is 2.82. The summed E-state index contributed by atoms with van der Waals surface area (Å²) in [5.74, 6) is 0.903. The van der Waals surface area contributed by atoms with Gasteiger partial charge in [-0.2, -0.15) is 0 Å². The van der Waals surface area contributed by atoms with Crippen LogP contribution in [0.25, 0.3) is 0 Å². The van der Waals surface area contributed by atoms with Crippen LogP contribution >= 0.6 is 11.6 Å². The van der Waals surface area contributed by atoms with Gasteiger partial charge in [0.1, 0.15) is 5.75 Å². The first-order valence-corrected chi connectivity index (χ1v) is 7.87. The van der Waals surface area contributed by atoms with Crippen LogP contribution in [0.2, 0.25) is 5.02 Å². The molecule has 1 aromatic heterocycles. The highest BCUT2D eigenvalue weighted by Crippen LogP contribution is 2.26. The van der Waals surface area contributed by atoms with Gasteiger partial charge in [-0.1, -0.05) is 17.7 Å². The van der Waals surface area contributed by atoms with Crippen molar-refractivity contribution in [3.8, 4) is 11.7 Å². The molecule has 1 amide bonds. The number of carbonyl (C=O) groups excluding carboxylic acids is 1. The Kier molecular flexibility index (Phi) is 4.59. The van der Waals surface area contributed by atoms with Gasteiger partial charge < -0.3 is 18.8 Å². The highest BCUT2D eigenvalue weighted by Gasteiger charge is 2.28. The molecular weight excluding hydrogens is 318 g/mol. The summed E-state index contributed by atoms with van der Waals surface area (Å²) in [6, 6.07) is 10.2. The van der Waals surface area contributed by atoms with Gasteiger partial charge >= 0.3 is 0 Å². The number of carbonyl (C=O) groups is 1. The van der Waals surface area contributed by atoms with Crippen LogP contribution in [0, 0.1) is 0 Å².